The summed E-state index contributed by atoms with van der Waals surface area (Å²) in [6, 6.07) is 17.6. The van der Waals surface area contributed by atoms with Crippen molar-refractivity contribution >= 4 is 82.9 Å². The molecule has 0 saturated carbocycles. The molecule has 0 aliphatic carbocycles. The molecular formula is C30H30Br2N4O2S. The van der Waals surface area contributed by atoms with Gasteiger partial charge < -0.3 is 20.5 Å². The number of hydrogen-bond acceptors (Lipinski definition) is 4. The van der Waals surface area contributed by atoms with Crippen molar-refractivity contribution in [1.82, 2.24) is 10.3 Å². The van der Waals surface area contributed by atoms with Crippen LogP contribution in [0.2, 0.25) is 0 Å². The van der Waals surface area contributed by atoms with Crippen molar-refractivity contribution in [3.8, 4) is 0 Å². The van der Waals surface area contributed by atoms with Crippen molar-refractivity contribution in [3.05, 3.63) is 86.6 Å². The Morgan fingerprint density at radius 2 is 1.90 bits per heavy atom. The zero-order valence-corrected chi connectivity index (χ0v) is 25.8. The number of urea groups is 1. The van der Waals surface area contributed by atoms with Crippen LogP contribution >= 0.6 is 43.6 Å². The van der Waals surface area contributed by atoms with Gasteiger partial charge in [0.05, 0.1) is 20.7 Å². The fourth-order valence-electron chi connectivity index (χ4n) is 5.01. The van der Waals surface area contributed by atoms with Gasteiger partial charge in [0, 0.05) is 26.5 Å². The van der Waals surface area contributed by atoms with Crippen LogP contribution in [-0.4, -0.2) is 30.4 Å². The molecule has 0 spiro atoms. The first-order chi connectivity index (χ1) is 18.9. The van der Waals surface area contributed by atoms with Gasteiger partial charge in [-0.2, -0.15) is 0 Å². The minimum absolute atomic E-state index is 0.541. The second kappa shape index (κ2) is 12.2. The van der Waals surface area contributed by atoms with E-state index in [0.717, 1.165) is 63.5 Å². The average molecular weight is 670 g/mol. The molecule has 2 heterocycles. The summed E-state index contributed by atoms with van der Waals surface area (Å²) in [7, 11) is 0. The number of aryl methyl sites for hydroxylation is 1. The lowest BCUT2D eigenvalue weighted by Crippen LogP contribution is -2.31. The number of amides is 2. The number of benzene rings is 3. The van der Waals surface area contributed by atoms with Crippen molar-refractivity contribution in [1.29, 1.82) is 0 Å². The number of primary amides is 1. The number of thioether (sulfide) groups is 1. The zero-order chi connectivity index (χ0) is 27.5. The highest BCUT2D eigenvalue weighted by Crippen LogP contribution is 2.38. The number of nitrogens with zero attached hydrogens (tertiary/aromatic N) is 1. The monoisotopic (exact) mass is 668 g/mol. The molecule has 0 bridgehead atoms. The molecule has 0 aliphatic heterocycles. The van der Waals surface area contributed by atoms with Gasteiger partial charge in [0.15, 0.2) is 0 Å². The average Bonchev–Trinajstić information content (AvgIpc) is 3.51. The second-order valence-corrected chi connectivity index (χ2v) is 11.8. The zero-order valence-electron chi connectivity index (χ0n) is 21.8. The molecule has 2 amide bonds. The van der Waals surface area contributed by atoms with Crippen molar-refractivity contribution in [2.24, 2.45) is 5.73 Å². The second-order valence-electron chi connectivity index (χ2n) is 9.30. The summed E-state index contributed by atoms with van der Waals surface area (Å²) in [6.07, 6.45) is 6.62. The number of furan rings is 1. The number of hydrogen-bond donors (Lipinski definition) is 3. The fourth-order valence-corrected chi connectivity index (χ4v) is 6.33. The quantitative estimate of drug-likeness (QED) is 0.103. The Balaban J connectivity index is 1.32. The van der Waals surface area contributed by atoms with Gasteiger partial charge in [-0.25, -0.2) is 4.79 Å². The maximum Gasteiger partial charge on any atom is 0.323 e. The maximum atomic E-state index is 12.6. The number of carbonyl (C=O) groups excluding carboxylic acids is 1. The maximum absolute atomic E-state index is 12.6. The highest BCUT2D eigenvalue weighted by atomic mass is 79.9. The number of anilines is 2. The Morgan fingerprint density at radius 3 is 2.67 bits per heavy atom. The summed E-state index contributed by atoms with van der Waals surface area (Å²) in [5.74, 6) is 0. The summed E-state index contributed by atoms with van der Waals surface area (Å²) in [4.78, 5) is 18.9. The summed E-state index contributed by atoms with van der Waals surface area (Å²) >= 11 is 8.83. The van der Waals surface area contributed by atoms with Gasteiger partial charge in [-0.1, -0.05) is 19.1 Å². The fraction of sp³-hybridized carbons (Fsp3) is 0.233. The molecule has 3 aromatic carbocycles. The molecule has 0 aliphatic rings. The normalized spacial score (nSPS) is 11.5. The highest BCUT2D eigenvalue weighted by Gasteiger charge is 2.21. The Bertz CT molecular complexity index is 1650. The van der Waals surface area contributed by atoms with E-state index >= 15 is 0 Å². The number of H-pyrrole nitrogens is 1. The third kappa shape index (κ3) is 5.77. The molecule has 6 nitrogen and oxygen atoms in total. The highest BCUT2D eigenvalue weighted by molar-refractivity contribution is 9.13. The Hall–Kier alpha value is -2.72. The molecule has 202 valence electrons. The molecule has 4 N–H and O–H groups in total. The summed E-state index contributed by atoms with van der Waals surface area (Å²) in [6.45, 7) is 3.90. The molecule has 2 aromatic heterocycles. The smallest absolute Gasteiger partial charge is 0.323 e. The molecular weight excluding hydrogens is 640 g/mol. The molecule has 0 radical (unpaired) electrons. The van der Waals surface area contributed by atoms with E-state index in [9.17, 15) is 4.79 Å². The van der Waals surface area contributed by atoms with Crippen LogP contribution in [0, 0.1) is 0 Å². The number of rotatable bonds is 10. The van der Waals surface area contributed by atoms with Gasteiger partial charge in [-0.3, -0.25) is 4.90 Å². The molecule has 9 heteroatoms. The number of nitrogens with two attached hydrogens (primary N) is 1. The van der Waals surface area contributed by atoms with Gasteiger partial charge in [0.1, 0.15) is 11.8 Å². The van der Waals surface area contributed by atoms with E-state index in [1.54, 1.807) is 11.8 Å². The molecule has 0 saturated heterocycles. The van der Waals surface area contributed by atoms with Crippen molar-refractivity contribution in [2.45, 2.75) is 31.1 Å². The van der Waals surface area contributed by atoms with Crippen LogP contribution in [-0.2, 0) is 19.3 Å². The summed E-state index contributed by atoms with van der Waals surface area (Å²) in [5.41, 5.74) is 13.0. The minimum atomic E-state index is -0.541. The standard InChI is InChI=1S/C30H30Br2N4O2S/c1-3-24-20(12-14-34-13-11-18-7-10-27-22(15-18)28(39-2)17-38-27)21-16-19(8-9-25(21)35-24)36(30(33)37)26-6-4-5-23(31)29(26)32/h4-10,15-17,34-35H,3,11-14H2,1-2H3,(H2,33,37). The number of aromatic amines is 1. The number of aromatic nitrogens is 1. The van der Waals surface area contributed by atoms with Gasteiger partial charge in [0.25, 0.3) is 0 Å². The van der Waals surface area contributed by atoms with Crippen LogP contribution < -0.4 is 16.0 Å². The molecule has 5 rings (SSSR count). The first kappa shape index (κ1) is 27.8. The number of nitrogens with one attached hydrogen (secondary N) is 2. The van der Waals surface area contributed by atoms with Crippen LogP contribution in [0.15, 0.2) is 79.1 Å². The molecule has 39 heavy (non-hydrogen) atoms. The van der Waals surface area contributed by atoms with Crippen LogP contribution in [0.3, 0.4) is 0 Å². The van der Waals surface area contributed by atoms with E-state index in [2.05, 4.69) is 79.6 Å². The predicted molar refractivity (Wildman–Crippen MR) is 170 cm³/mol. The Kier molecular flexibility index (Phi) is 8.71. The SMILES string of the molecule is CCc1[nH]c2ccc(N(C(N)=O)c3cccc(Br)c3Br)cc2c1CCNCCc1ccc2occ(SC)c2c1. The minimum Gasteiger partial charge on any atom is -0.463 e. The lowest BCUT2D eigenvalue weighted by Gasteiger charge is -2.22. The van der Waals surface area contributed by atoms with Crippen LogP contribution in [0.4, 0.5) is 16.2 Å². The Morgan fingerprint density at radius 1 is 1.08 bits per heavy atom. The molecule has 0 unspecified atom stereocenters. The van der Waals surface area contributed by atoms with Crippen molar-refractivity contribution in [3.63, 3.8) is 0 Å². The molecule has 0 fully saturated rings. The van der Waals surface area contributed by atoms with E-state index in [0.29, 0.717) is 5.69 Å². The van der Waals surface area contributed by atoms with E-state index in [1.165, 1.54) is 32.0 Å². The van der Waals surface area contributed by atoms with E-state index in [4.69, 9.17) is 10.2 Å². The lowest BCUT2D eigenvalue weighted by molar-refractivity contribution is 0.256. The topological polar surface area (TPSA) is 87.3 Å². The van der Waals surface area contributed by atoms with E-state index < -0.39 is 6.03 Å². The largest absolute Gasteiger partial charge is 0.463 e. The lowest BCUT2D eigenvalue weighted by atomic mass is 10.0. The van der Waals surface area contributed by atoms with Gasteiger partial charge in [-0.15, -0.1) is 11.8 Å². The first-order valence-corrected chi connectivity index (χ1v) is 15.6. The van der Waals surface area contributed by atoms with Crippen molar-refractivity contribution in [2.75, 3.05) is 24.2 Å². The predicted octanol–water partition coefficient (Wildman–Crippen LogP) is 8.32. The van der Waals surface area contributed by atoms with Crippen LogP contribution in [0.1, 0.15) is 23.7 Å². The van der Waals surface area contributed by atoms with Crippen LogP contribution in [0.25, 0.3) is 21.9 Å². The molecule has 5 aromatic rings. The van der Waals surface area contributed by atoms with Crippen LogP contribution in [0.5, 0.6) is 0 Å². The molecule has 0 atom stereocenters. The van der Waals surface area contributed by atoms with Gasteiger partial charge in [-0.05, 0) is 124 Å². The van der Waals surface area contributed by atoms with E-state index in [-0.39, 0.29) is 0 Å². The number of carbonyl (C=O) groups is 1. The van der Waals surface area contributed by atoms with Crippen molar-refractivity contribution < 1.29 is 9.21 Å². The third-order valence-corrected chi connectivity index (χ3v) is 9.73. The summed E-state index contributed by atoms with van der Waals surface area (Å²) < 4.78 is 7.26. The first-order valence-electron chi connectivity index (χ1n) is 12.8. The number of halogens is 2. The summed E-state index contributed by atoms with van der Waals surface area (Å²) in [5, 5.41) is 5.91. The Labute approximate surface area is 249 Å². The van der Waals surface area contributed by atoms with E-state index in [1.807, 2.05) is 36.6 Å². The number of fused-ring (bicyclic) bond motifs is 2. The van der Waals surface area contributed by atoms with Gasteiger partial charge >= 0.3 is 6.03 Å². The van der Waals surface area contributed by atoms with Gasteiger partial charge in [0.2, 0.25) is 0 Å². The third-order valence-electron chi connectivity index (χ3n) is 6.95.